The summed E-state index contributed by atoms with van der Waals surface area (Å²) in [6.07, 6.45) is 4.21. The van der Waals surface area contributed by atoms with Crippen LogP contribution in [0.3, 0.4) is 0 Å². The molecule has 0 aliphatic heterocycles. The van der Waals surface area contributed by atoms with Crippen LogP contribution in [0, 0.1) is 11.8 Å². The van der Waals surface area contributed by atoms with Crippen molar-refractivity contribution in [3.8, 4) is 11.5 Å². The Hall–Kier alpha value is -3.42. The van der Waals surface area contributed by atoms with Gasteiger partial charge in [0.1, 0.15) is 11.5 Å². The Bertz CT molecular complexity index is 834. The molecule has 2 aromatic rings. The number of rotatable bonds is 8. The first kappa shape index (κ1) is 23.2. The smallest absolute Gasteiger partial charge is 0.319 e. The highest BCUT2D eigenvalue weighted by Crippen LogP contribution is 2.28. The molecule has 4 N–H and O–H groups in total. The lowest BCUT2D eigenvalue weighted by molar-refractivity contribution is 0.230. The van der Waals surface area contributed by atoms with Crippen molar-refractivity contribution < 1.29 is 19.1 Å². The molecule has 2 atom stereocenters. The predicted molar refractivity (Wildman–Crippen MR) is 125 cm³/mol. The van der Waals surface area contributed by atoms with Crippen molar-refractivity contribution in [3.05, 3.63) is 48.5 Å². The normalized spacial score (nSPS) is 17.7. The molecule has 1 aliphatic rings. The highest BCUT2D eigenvalue weighted by atomic mass is 16.5. The van der Waals surface area contributed by atoms with Gasteiger partial charge >= 0.3 is 12.1 Å². The zero-order chi connectivity index (χ0) is 22.8. The first-order valence-electron chi connectivity index (χ1n) is 10.9. The quantitative estimate of drug-likeness (QED) is 0.487. The second-order valence-corrected chi connectivity index (χ2v) is 8.03. The molecule has 0 heterocycles. The van der Waals surface area contributed by atoms with Gasteiger partial charge in [0.25, 0.3) is 0 Å². The van der Waals surface area contributed by atoms with Crippen molar-refractivity contribution in [3.63, 3.8) is 0 Å². The van der Waals surface area contributed by atoms with E-state index in [1.54, 1.807) is 26.4 Å². The van der Waals surface area contributed by atoms with Crippen LogP contribution < -0.4 is 30.7 Å². The Balaban J connectivity index is 1.38. The molecule has 0 aromatic heterocycles. The van der Waals surface area contributed by atoms with Gasteiger partial charge in [-0.1, -0.05) is 18.6 Å². The summed E-state index contributed by atoms with van der Waals surface area (Å²) < 4.78 is 10.4. The highest BCUT2D eigenvalue weighted by molar-refractivity contribution is 5.90. The van der Waals surface area contributed by atoms with Crippen molar-refractivity contribution in [2.75, 3.05) is 37.9 Å². The lowest BCUT2D eigenvalue weighted by Crippen LogP contribution is -2.38. The van der Waals surface area contributed by atoms with Gasteiger partial charge < -0.3 is 30.7 Å². The summed E-state index contributed by atoms with van der Waals surface area (Å²) in [6, 6.07) is 14.1. The molecule has 0 saturated heterocycles. The molecule has 172 valence electrons. The van der Waals surface area contributed by atoms with Gasteiger partial charge in [-0.25, -0.2) is 9.59 Å². The summed E-state index contributed by atoms with van der Waals surface area (Å²) in [5.41, 5.74) is 1.38. The van der Waals surface area contributed by atoms with E-state index in [2.05, 4.69) is 21.3 Å². The number of urea groups is 2. The minimum Gasteiger partial charge on any atom is -0.497 e. The molecule has 2 aromatic carbocycles. The summed E-state index contributed by atoms with van der Waals surface area (Å²) in [5, 5.41) is 11.6. The summed E-state index contributed by atoms with van der Waals surface area (Å²) in [4.78, 5) is 24.5. The second kappa shape index (κ2) is 11.8. The van der Waals surface area contributed by atoms with E-state index in [0.29, 0.717) is 47.8 Å². The molecule has 3 rings (SSSR count). The van der Waals surface area contributed by atoms with E-state index in [1.165, 1.54) is 0 Å². The maximum absolute atomic E-state index is 12.2. The molecule has 0 radical (unpaired) electrons. The third kappa shape index (κ3) is 7.37. The number of anilines is 2. The van der Waals surface area contributed by atoms with Crippen LogP contribution in [0.25, 0.3) is 0 Å². The van der Waals surface area contributed by atoms with Crippen LogP contribution >= 0.6 is 0 Å². The van der Waals surface area contributed by atoms with Crippen molar-refractivity contribution in [2.24, 2.45) is 11.8 Å². The van der Waals surface area contributed by atoms with Gasteiger partial charge in [-0.2, -0.15) is 0 Å². The molecule has 32 heavy (non-hydrogen) atoms. The number of ether oxygens (including phenoxy) is 2. The first-order valence-corrected chi connectivity index (χ1v) is 10.9. The Kier molecular flexibility index (Phi) is 8.60. The van der Waals surface area contributed by atoms with E-state index in [0.717, 1.165) is 25.7 Å². The third-order valence-corrected chi connectivity index (χ3v) is 5.65. The molecule has 0 spiro atoms. The fourth-order valence-electron chi connectivity index (χ4n) is 4.00. The molecule has 8 heteroatoms. The van der Waals surface area contributed by atoms with Gasteiger partial charge in [-0.15, -0.1) is 0 Å². The van der Waals surface area contributed by atoms with Gasteiger partial charge in [0, 0.05) is 36.6 Å². The van der Waals surface area contributed by atoms with Gasteiger partial charge in [0.2, 0.25) is 0 Å². The number of hydrogen-bond acceptors (Lipinski definition) is 4. The SMILES string of the molecule is COc1cccc(NC(=O)NC[C@H]2CCC[C@H](CNC(=O)Nc3cccc(OC)c3)C2)c1. The van der Waals surface area contributed by atoms with Crippen LogP contribution in [0.4, 0.5) is 21.0 Å². The number of amides is 4. The van der Waals surface area contributed by atoms with Crippen LogP contribution in [0.15, 0.2) is 48.5 Å². The average Bonchev–Trinajstić information content (AvgIpc) is 2.82. The van der Waals surface area contributed by atoms with Crippen molar-refractivity contribution >= 4 is 23.4 Å². The minimum atomic E-state index is -0.226. The topological polar surface area (TPSA) is 101 Å². The maximum Gasteiger partial charge on any atom is 0.319 e. The fourth-order valence-corrected chi connectivity index (χ4v) is 4.00. The van der Waals surface area contributed by atoms with E-state index in [4.69, 9.17) is 9.47 Å². The Morgan fingerprint density at radius 3 is 1.72 bits per heavy atom. The zero-order valence-corrected chi connectivity index (χ0v) is 18.6. The van der Waals surface area contributed by atoms with Crippen LogP contribution in [0.2, 0.25) is 0 Å². The van der Waals surface area contributed by atoms with Gasteiger partial charge in [0.15, 0.2) is 0 Å². The lowest BCUT2D eigenvalue weighted by Gasteiger charge is -2.29. The molecule has 1 saturated carbocycles. The van der Waals surface area contributed by atoms with Crippen LogP contribution in [0.1, 0.15) is 25.7 Å². The monoisotopic (exact) mass is 440 g/mol. The first-order chi connectivity index (χ1) is 15.6. The fraction of sp³-hybridized carbons (Fsp3) is 0.417. The zero-order valence-electron chi connectivity index (χ0n) is 18.6. The van der Waals surface area contributed by atoms with Gasteiger partial charge in [-0.3, -0.25) is 0 Å². The predicted octanol–water partition coefficient (Wildman–Crippen LogP) is 4.45. The Morgan fingerprint density at radius 1 is 0.812 bits per heavy atom. The van der Waals surface area contributed by atoms with Crippen LogP contribution in [-0.2, 0) is 0 Å². The summed E-state index contributed by atoms with van der Waals surface area (Å²) in [5.74, 6) is 2.18. The van der Waals surface area contributed by atoms with E-state index in [-0.39, 0.29) is 12.1 Å². The lowest BCUT2D eigenvalue weighted by atomic mass is 9.81. The van der Waals surface area contributed by atoms with Crippen LogP contribution in [-0.4, -0.2) is 39.4 Å². The number of carbonyl (C=O) groups is 2. The molecule has 1 aliphatic carbocycles. The second-order valence-electron chi connectivity index (χ2n) is 8.03. The average molecular weight is 441 g/mol. The number of carbonyl (C=O) groups excluding carboxylic acids is 2. The maximum atomic E-state index is 12.2. The van der Waals surface area contributed by atoms with Crippen LogP contribution in [0.5, 0.6) is 11.5 Å². The summed E-state index contributed by atoms with van der Waals surface area (Å²) in [7, 11) is 3.19. The summed E-state index contributed by atoms with van der Waals surface area (Å²) in [6.45, 7) is 1.23. The van der Waals surface area contributed by atoms with E-state index < -0.39 is 0 Å². The number of nitrogens with one attached hydrogen (secondary N) is 4. The largest absolute Gasteiger partial charge is 0.497 e. The molecule has 0 unspecified atom stereocenters. The van der Waals surface area contributed by atoms with E-state index in [9.17, 15) is 9.59 Å². The molecule has 4 amide bonds. The number of hydrogen-bond donors (Lipinski definition) is 4. The standard InChI is InChI=1S/C24H32N4O4/c1-31-21-10-4-8-19(13-21)27-23(29)25-15-17-6-3-7-18(12-17)16-26-24(30)28-20-9-5-11-22(14-20)32-2/h4-5,8-11,13-14,17-18H,3,6-7,12,15-16H2,1-2H3,(H2,25,27,29)(H2,26,28,30)/t17-,18-/m0/s1. The highest BCUT2D eigenvalue weighted by Gasteiger charge is 2.23. The molecule has 8 nitrogen and oxygen atoms in total. The molecule has 1 fully saturated rings. The summed E-state index contributed by atoms with van der Waals surface area (Å²) >= 11 is 0. The van der Waals surface area contributed by atoms with Crippen molar-refractivity contribution in [2.45, 2.75) is 25.7 Å². The minimum absolute atomic E-state index is 0.226. The van der Waals surface area contributed by atoms with Gasteiger partial charge in [-0.05, 0) is 55.4 Å². The van der Waals surface area contributed by atoms with Gasteiger partial charge in [0.05, 0.1) is 14.2 Å². The van der Waals surface area contributed by atoms with Crippen molar-refractivity contribution in [1.82, 2.24) is 10.6 Å². The van der Waals surface area contributed by atoms with Crippen molar-refractivity contribution in [1.29, 1.82) is 0 Å². The van der Waals surface area contributed by atoms with E-state index >= 15 is 0 Å². The Labute approximate surface area is 189 Å². The van der Waals surface area contributed by atoms with E-state index in [1.807, 2.05) is 36.4 Å². The Morgan fingerprint density at radius 2 is 1.28 bits per heavy atom. The number of benzene rings is 2. The third-order valence-electron chi connectivity index (χ3n) is 5.65. The number of methoxy groups -OCH3 is 2. The molecular weight excluding hydrogens is 408 g/mol. The molecular formula is C24H32N4O4. The molecule has 0 bridgehead atoms.